The van der Waals surface area contributed by atoms with Crippen LogP contribution < -0.4 is 0 Å². The zero-order valence-corrected chi connectivity index (χ0v) is 7.63. The number of nitrogens with one attached hydrogen (secondary N) is 1. The van der Waals surface area contributed by atoms with Crippen LogP contribution in [0.3, 0.4) is 0 Å². The fourth-order valence-corrected chi connectivity index (χ4v) is 1.31. The lowest BCUT2D eigenvalue weighted by Gasteiger charge is -1.97. The third kappa shape index (κ3) is 1.41. The highest BCUT2D eigenvalue weighted by molar-refractivity contribution is 5.76. The normalized spacial score (nSPS) is 11.4. The third-order valence-corrected chi connectivity index (χ3v) is 2.09. The maximum absolute atomic E-state index is 12.7. The molecule has 0 aromatic carbocycles. The first kappa shape index (κ1) is 8.23. The Bertz CT molecular complexity index is 431. The minimum Gasteiger partial charge on any atom is -0.343 e. The summed E-state index contributed by atoms with van der Waals surface area (Å²) in [5.74, 6) is -0.0260. The molecule has 2 aromatic heterocycles. The molecule has 0 saturated heterocycles. The average Bonchev–Trinajstić information content (AvgIpc) is 2.46. The molecule has 0 amide bonds. The average molecular weight is 178 g/mol. The van der Waals surface area contributed by atoms with Gasteiger partial charge in [-0.1, -0.05) is 13.8 Å². The summed E-state index contributed by atoms with van der Waals surface area (Å²) < 4.78 is 12.7. The lowest BCUT2D eigenvalue weighted by molar-refractivity contribution is 0.588. The molecule has 2 nitrogen and oxygen atoms in total. The van der Waals surface area contributed by atoms with Crippen LogP contribution in [0.15, 0.2) is 18.2 Å². The van der Waals surface area contributed by atoms with Crippen LogP contribution >= 0.6 is 0 Å². The fourth-order valence-electron chi connectivity index (χ4n) is 1.31. The van der Waals surface area contributed by atoms with Crippen LogP contribution in [0.5, 0.6) is 0 Å². The van der Waals surface area contributed by atoms with Crippen molar-refractivity contribution in [2.45, 2.75) is 19.8 Å². The van der Waals surface area contributed by atoms with Gasteiger partial charge in [0.15, 0.2) is 0 Å². The highest BCUT2D eigenvalue weighted by atomic mass is 19.1. The quantitative estimate of drug-likeness (QED) is 0.668. The van der Waals surface area contributed by atoms with Crippen LogP contribution in [0.1, 0.15) is 25.5 Å². The van der Waals surface area contributed by atoms with E-state index in [1.807, 2.05) is 6.07 Å². The van der Waals surface area contributed by atoms with Gasteiger partial charge in [-0.2, -0.15) is 4.39 Å². The zero-order valence-electron chi connectivity index (χ0n) is 7.63. The van der Waals surface area contributed by atoms with Crippen molar-refractivity contribution in [2.24, 2.45) is 0 Å². The Balaban J connectivity index is 2.62. The lowest BCUT2D eigenvalue weighted by Crippen LogP contribution is -1.86. The van der Waals surface area contributed by atoms with E-state index < -0.39 is 5.95 Å². The van der Waals surface area contributed by atoms with Crippen molar-refractivity contribution in [3.63, 3.8) is 0 Å². The number of H-pyrrole nitrogens is 1. The molecular formula is C10H11FN2. The van der Waals surface area contributed by atoms with Gasteiger partial charge in [-0.25, -0.2) is 4.98 Å². The molecule has 0 aliphatic rings. The molecule has 13 heavy (non-hydrogen) atoms. The predicted molar refractivity (Wildman–Crippen MR) is 50.1 cm³/mol. The molecule has 0 bridgehead atoms. The van der Waals surface area contributed by atoms with Crippen molar-refractivity contribution in [3.8, 4) is 0 Å². The van der Waals surface area contributed by atoms with Crippen LogP contribution in [0, 0.1) is 5.95 Å². The summed E-state index contributed by atoms with van der Waals surface area (Å²) in [5.41, 5.74) is 1.72. The van der Waals surface area contributed by atoms with Gasteiger partial charge >= 0.3 is 0 Å². The van der Waals surface area contributed by atoms with Crippen molar-refractivity contribution in [1.82, 2.24) is 9.97 Å². The summed E-state index contributed by atoms with van der Waals surface area (Å²) in [4.78, 5) is 6.84. The highest BCUT2D eigenvalue weighted by Gasteiger charge is 2.05. The molecule has 0 fully saturated rings. The fraction of sp³-hybridized carbons (Fsp3) is 0.300. The zero-order chi connectivity index (χ0) is 9.42. The van der Waals surface area contributed by atoms with Gasteiger partial charge in [-0.05, 0) is 24.1 Å². The highest BCUT2D eigenvalue weighted by Crippen LogP contribution is 2.19. The van der Waals surface area contributed by atoms with E-state index in [1.54, 1.807) is 6.07 Å². The number of pyridine rings is 1. The standard InChI is InChI=1S/C10H11FN2/c1-6(2)8-5-7-3-4-9(11)13-10(7)12-8/h3-6H,1-2H3,(H,12,13). The summed E-state index contributed by atoms with van der Waals surface area (Å²) in [6.07, 6.45) is 0. The maximum atomic E-state index is 12.7. The van der Waals surface area contributed by atoms with Crippen LogP contribution in [-0.2, 0) is 0 Å². The van der Waals surface area contributed by atoms with Gasteiger partial charge in [0.25, 0.3) is 0 Å². The first-order valence-corrected chi connectivity index (χ1v) is 4.32. The van der Waals surface area contributed by atoms with Crippen molar-refractivity contribution in [2.75, 3.05) is 0 Å². The van der Waals surface area contributed by atoms with Crippen molar-refractivity contribution in [1.29, 1.82) is 0 Å². The van der Waals surface area contributed by atoms with E-state index in [9.17, 15) is 4.39 Å². The second kappa shape index (κ2) is 2.83. The lowest BCUT2D eigenvalue weighted by atomic mass is 10.1. The van der Waals surface area contributed by atoms with E-state index in [-0.39, 0.29) is 0 Å². The van der Waals surface area contributed by atoms with E-state index in [1.165, 1.54) is 6.07 Å². The molecule has 2 aromatic rings. The van der Waals surface area contributed by atoms with Crippen LogP contribution in [0.2, 0.25) is 0 Å². The molecule has 68 valence electrons. The van der Waals surface area contributed by atoms with E-state index in [0.717, 1.165) is 11.1 Å². The number of hydrogen-bond acceptors (Lipinski definition) is 1. The molecule has 0 atom stereocenters. The first-order chi connectivity index (χ1) is 6.16. The van der Waals surface area contributed by atoms with Crippen LogP contribution in [0.4, 0.5) is 4.39 Å². The second-order valence-electron chi connectivity index (χ2n) is 3.45. The number of hydrogen-bond donors (Lipinski definition) is 1. The first-order valence-electron chi connectivity index (χ1n) is 4.32. The third-order valence-electron chi connectivity index (χ3n) is 2.09. The molecule has 2 heterocycles. The molecule has 2 rings (SSSR count). The number of fused-ring (bicyclic) bond motifs is 1. The van der Waals surface area contributed by atoms with Gasteiger partial charge in [-0.3, -0.25) is 0 Å². The van der Waals surface area contributed by atoms with Gasteiger partial charge in [0.2, 0.25) is 5.95 Å². The number of aromatic amines is 1. The number of halogens is 1. The summed E-state index contributed by atoms with van der Waals surface area (Å²) in [7, 11) is 0. The van der Waals surface area contributed by atoms with Crippen molar-refractivity contribution >= 4 is 11.0 Å². The minimum atomic E-state index is -0.440. The van der Waals surface area contributed by atoms with Gasteiger partial charge < -0.3 is 4.98 Å². The van der Waals surface area contributed by atoms with Gasteiger partial charge in [0.05, 0.1) is 0 Å². The molecule has 0 unspecified atom stereocenters. The SMILES string of the molecule is CC(C)c1cc2ccc(F)nc2[nH]1. The smallest absolute Gasteiger partial charge is 0.214 e. The Morgan fingerprint density at radius 3 is 2.85 bits per heavy atom. The molecule has 0 radical (unpaired) electrons. The Morgan fingerprint density at radius 2 is 2.15 bits per heavy atom. The van der Waals surface area contributed by atoms with Crippen LogP contribution in [-0.4, -0.2) is 9.97 Å². The van der Waals surface area contributed by atoms with Crippen molar-refractivity contribution in [3.05, 3.63) is 29.8 Å². The van der Waals surface area contributed by atoms with Gasteiger partial charge in [0, 0.05) is 11.1 Å². The molecular weight excluding hydrogens is 167 g/mol. The van der Waals surface area contributed by atoms with Crippen molar-refractivity contribution < 1.29 is 4.39 Å². The largest absolute Gasteiger partial charge is 0.343 e. The summed E-state index contributed by atoms with van der Waals surface area (Å²) in [6, 6.07) is 5.12. The van der Waals surface area contributed by atoms with Gasteiger partial charge in [0.1, 0.15) is 5.65 Å². The van der Waals surface area contributed by atoms with Gasteiger partial charge in [-0.15, -0.1) is 0 Å². The van der Waals surface area contributed by atoms with E-state index in [0.29, 0.717) is 11.6 Å². The number of aromatic nitrogens is 2. The van der Waals surface area contributed by atoms with E-state index in [4.69, 9.17) is 0 Å². The molecule has 0 saturated carbocycles. The minimum absolute atomic E-state index is 0.414. The Kier molecular flexibility index (Phi) is 1.79. The molecule has 0 aliphatic heterocycles. The second-order valence-corrected chi connectivity index (χ2v) is 3.45. The maximum Gasteiger partial charge on any atom is 0.214 e. The Hall–Kier alpha value is -1.38. The Morgan fingerprint density at radius 1 is 1.38 bits per heavy atom. The molecule has 3 heteroatoms. The predicted octanol–water partition coefficient (Wildman–Crippen LogP) is 2.83. The topological polar surface area (TPSA) is 28.7 Å². The summed E-state index contributed by atoms with van der Waals surface area (Å²) in [6.45, 7) is 4.17. The van der Waals surface area contributed by atoms with Crippen LogP contribution in [0.25, 0.3) is 11.0 Å². The molecule has 0 spiro atoms. The number of rotatable bonds is 1. The molecule has 1 N–H and O–H groups in total. The Labute approximate surface area is 75.8 Å². The van der Waals surface area contributed by atoms with E-state index in [2.05, 4.69) is 23.8 Å². The summed E-state index contributed by atoms with van der Waals surface area (Å²) >= 11 is 0. The number of nitrogens with zero attached hydrogens (tertiary/aromatic N) is 1. The van der Waals surface area contributed by atoms with E-state index >= 15 is 0 Å². The molecule has 0 aliphatic carbocycles. The summed E-state index contributed by atoms with van der Waals surface area (Å²) in [5, 5.41) is 0.963. The monoisotopic (exact) mass is 178 g/mol.